The van der Waals surface area contributed by atoms with Crippen LogP contribution in [0.3, 0.4) is 0 Å². The molecule has 3 aromatic rings. The molecule has 0 aromatic heterocycles. The Morgan fingerprint density at radius 2 is 1.79 bits per heavy atom. The minimum atomic E-state index is -0.656. The maximum atomic E-state index is 12.1. The molecule has 2 heterocycles. The van der Waals surface area contributed by atoms with E-state index in [0.717, 1.165) is 47.7 Å². The average Bonchev–Trinajstić information content (AvgIpc) is 3.04. The van der Waals surface area contributed by atoms with Gasteiger partial charge in [0.1, 0.15) is 6.61 Å². The Labute approximate surface area is 253 Å². The Morgan fingerprint density at radius 3 is 2.49 bits per heavy atom. The van der Waals surface area contributed by atoms with Crippen LogP contribution in [0.1, 0.15) is 47.1 Å². The van der Waals surface area contributed by atoms with Crippen molar-refractivity contribution in [2.24, 2.45) is 5.92 Å². The number of carbonyl (C=O) groups is 1. The monoisotopic (exact) mass is 588 g/mol. The highest BCUT2D eigenvalue weighted by atomic mass is 16.7. The van der Waals surface area contributed by atoms with Gasteiger partial charge in [-0.1, -0.05) is 56.0 Å². The Kier molecular flexibility index (Phi) is 9.99. The molecule has 43 heavy (non-hydrogen) atoms. The van der Waals surface area contributed by atoms with Crippen molar-refractivity contribution in [3.8, 4) is 11.5 Å². The van der Waals surface area contributed by atoms with Gasteiger partial charge < -0.3 is 28.8 Å². The fourth-order valence-corrected chi connectivity index (χ4v) is 5.73. The van der Waals surface area contributed by atoms with Gasteiger partial charge in [0.15, 0.2) is 17.8 Å². The lowest BCUT2D eigenvalue weighted by molar-refractivity contribution is -0.276. The second-order valence-electron chi connectivity index (χ2n) is 10.9. The Morgan fingerprint density at radius 1 is 1.05 bits per heavy atom. The minimum absolute atomic E-state index is 0.0160. The van der Waals surface area contributed by atoms with Crippen molar-refractivity contribution in [3.05, 3.63) is 101 Å². The van der Waals surface area contributed by atoms with Gasteiger partial charge in [-0.05, 0) is 52.9 Å². The van der Waals surface area contributed by atoms with Crippen LogP contribution in [0, 0.1) is 5.92 Å². The molecule has 0 saturated carbocycles. The van der Waals surface area contributed by atoms with E-state index in [0.29, 0.717) is 12.2 Å². The molecule has 1 amide bonds. The average molecular weight is 589 g/mol. The van der Waals surface area contributed by atoms with Gasteiger partial charge in [-0.3, -0.25) is 10.2 Å². The lowest BCUT2D eigenvalue weighted by atomic mass is 9.89. The quantitative estimate of drug-likeness (QED) is 0.288. The predicted molar refractivity (Wildman–Crippen MR) is 163 cm³/mol. The van der Waals surface area contributed by atoms with E-state index in [9.17, 15) is 9.90 Å². The number of anilines is 1. The van der Waals surface area contributed by atoms with Gasteiger partial charge >= 0.3 is 6.09 Å². The third kappa shape index (κ3) is 7.19. The molecule has 0 unspecified atom stereocenters. The first-order valence-electron chi connectivity index (χ1n) is 14.5. The molecule has 2 aliphatic heterocycles. The van der Waals surface area contributed by atoms with Gasteiger partial charge in [-0.15, -0.1) is 0 Å². The zero-order chi connectivity index (χ0) is 30.3. The van der Waals surface area contributed by atoms with Crippen LogP contribution < -0.4 is 14.8 Å². The first-order chi connectivity index (χ1) is 20.9. The summed E-state index contributed by atoms with van der Waals surface area (Å²) in [5, 5.41) is 12.3. The van der Waals surface area contributed by atoms with Gasteiger partial charge in [-0.2, -0.15) is 0 Å². The number of rotatable bonds is 10. The van der Waals surface area contributed by atoms with E-state index < -0.39 is 12.4 Å². The smallest absolute Gasteiger partial charge is 0.411 e. The van der Waals surface area contributed by atoms with Crippen LogP contribution in [0.4, 0.5) is 10.5 Å². The highest BCUT2D eigenvalue weighted by Gasteiger charge is 2.39. The van der Waals surface area contributed by atoms with Gasteiger partial charge in [0.25, 0.3) is 0 Å². The molecule has 2 N–H and O–H groups in total. The Hall–Kier alpha value is -3.89. The number of amides is 1. The van der Waals surface area contributed by atoms with Crippen LogP contribution in [0.25, 0.3) is 0 Å². The number of methoxy groups -OCH3 is 2. The normalized spacial score (nSPS) is 21.9. The molecule has 228 valence electrons. The molecular formula is C34H40N2O7. The second kappa shape index (κ2) is 14.1. The molecule has 0 radical (unpaired) electrons. The van der Waals surface area contributed by atoms with Crippen LogP contribution in [-0.4, -0.2) is 56.1 Å². The number of benzene rings is 3. The van der Waals surface area contributed by atoms with Crippen LogP contribution in [0.15, 0.2) is 73.3 Å². The molecule has 0 aliphatic carbocycles. The number of hydrogen-bond acceptors (Lipinski definition) is 8. The second-order valence-corrected chi connectivity index (χ2v) is 10.9. The van der Waals surface area contributed by atoms with Gasteiger partial charge in [0.2, 0.25) is 0 Å². The Balaban J connectivity index is 1.38. The van der Waals surface area contributed by atoms with Crippen molar-refractivity contribution in [1.29, 1.82) is 0 Å². The highest BCUT2D eigenvalue weighted by molar-refractivity contribution is 5.84. The maximum Gasteiger partial charge on any atom is 0.411 e. The zero-order valence-corrected chi connectivity index (χ0v) is 25.0. The molecule has 9 heteroatoms. The molecular weight excluding hydrogens is 548 g/mol. The fourth-order valence-electron chi connectivity index (χ4n) is 5.73. The van der Waals surface area contributed by atoms with Crippen molar-refractivity contribution in [2.45, 2.75) is 45.0 Å². The molecule has 1 saturated heterocycles. The molecule has 5 rings (SSSR count). The fraction of sp³-hybridized carbons (Fsp3) is 0.382. The molecule has 2 aliphatic rings. The van der Waals surface area contributed by atoms with E-state index in [1.807, 2.05) is 42.5 Å². The molecule has 9 nitrogen and oxygen atoms in total. The van der Waals surface area contributed by atoms with Crippen molar-refractivity contribution < 1.29 is 33.6 Å². The van der Waals surface area contributed by atoms with E-state index in [4.69, 9.17) is 23.7 Å². The first kappa shape index (κ1) is 30.6. The van der Waals surface area contributed by atoms with Crippen LogP contribution in [-0.2, 0) is 33.8 Å². The summed E-state index contributed by atoms with van der Waals surface area (Å²) in [5.41, 5.74) is 5.72. The van der Waals surface area contributed by atoms with Gasteiger partial charge in [0.05, 0.1) is 33.0 Å². The predicted octanol–water partition coefficient (Wildman–Crippen LogP) is 5.78. The number of ether oxygens (including phenoxy) is 5. The summed E-state index contributed by atoms with van der Waals surface area (Å²) in [7, 11) is 3.32. The summed E-state index contributed by atoms with van der Waals surface area (Å²) < 4.78 is 29.4. The summed E-state index contributed by atoms with van der Waals surface area (Å²) in [6.07, 6.45) is 0.817. The van der Waals surface area contributed by atoms with Crippen molar-refractivity contribution >= 4 is 11.8 Å². The first-order valence-corrected chi connectivity index (χ1v) is 14.5. The lowest BCUT2D eigenvalue weighted by Gasteiger charge is -2.43. The van der Waals surface area contributed by atoms with Crippen LogP contribution >= 0.6 is 0 Å². The zero-order valence-electron chi connectivity index (χ0n) is 25.0. The van der Waals surface area contributed by atoms with Gasteiger partial charge in [-0.25, -0.2) is 4.79 Å². The third-order valence-electron chi connectivity index (χ3n) is 8.10. The molecule has 3 aromatic carbocycles. The number of aliphatic hydroxyl groups is 1. The summed E-state index contributed by atoms with van der Waals surface area (Å²) in [6, 6.07) is 19.4. The van der Waals surface area contributed by atoms with E-state index in [1.54, 1.807) is 20.3 Å². The van der Waals surface area contributed by atoms with E-state index in [-0.39, 0.29) is 31.3 Å². The van der Waals surface area contributed by atoms with Crippen molar-refractivity contribution in [2.75, 3.05) is 39.2 Å². The topological polar surface area (TPSA) is 98.7 Å². The van der Waals surface area contributed by atoms with Gasteiger partial charge in [0, 0.05) is 36.8 Å². The number of fused-ring (bicyclic) bond motifs is 1. The van der Waals surface area contributed by atoms with E-state index in [2.05, 4.69) is 35.9 Å². The third-order valence-corrected chi connectivity index (χ3v) is 8.10. The standard InChI is InChI=1S/C34H40N2O7/c1-5-15-41-34(38)35-28-8-6-7-26(16-28)33-42-31(22(2)32(43-33)24-11-9-23(21-37)10-12-24)20-36-14-13-25-17-29(39-3)30(40-4)18-27(25)19-36/h5-12,16-18,22,31-33,37H,1,13-15,19-21H2,2-4H3,(H,35,38)/t22-,31+,32+,33+/m0/s1. The summed E-state index contributed by atoms with van der Waals surface area (Å²) in [6.45, 7) is 8.22. The summed E-state index contributed by atoms with van der Waals surface area (Å²) in [5.74, 6) is 1.52. The molecule has 4 atom stereocenters. The van der Waals surface area contributed by atoms with Crippen molar-refractivity contribution in [1.82, 2.24) is 4.90 Å². The van der Waals surface area contributed by atoms with Crippen molar-refractivity contribution in [3.63, 3.8) is 0 Å². The van der Waals surface area contributed by atoms with Crippen LogP contribution in [0.2, 0.25) is 0 Å². The number of carbonyl (C=O) groups excluding carboxylic acids is 1. The molecule has 1 fully saturated rings. The number of aliphatic hydroxyl groups excluding tert-OH is 1. The van der Waals surface area contributed by atoms with E-state index in [1.165, 1.54) is 17.2 Å². The number of nitrogens with zero attached hydrogens (tertiary/aromatic N) is 1. The van der Waals surface area contributed by atoms with E-state index >= 15 is 0 Å². The highest BCUT2D eigenvalue weighted by Crippen LogP contribution is 2.43. The maximum absolute atomic E-state index is 12.1. The summed E-state index contributed by atoms with van der Waals surface area (Å²) in [4.78, 5) is 14.6. The molecule has 0 spiro atoms. The molecule has 0 bridgehead atoms. The number of hydrogen-bond donors (Lipinski definition) is 2. The van der Waals surface area contributed by atoms with Crippen LogP contribution in [0.5, 0.6) is 11.5 Å². The summed E-state index contributed by atoms with van der Waals surface area (Å²) >= 11 is 0. The lowest BCUT2D eigenvalue weighted by Crippen LogP contribution is -2.45. The minimum Gasteiger partial charge on any atom is -0.493 e. The Bertz CT molecular complexity index is 1410. The largest absolute Gasteiger partial charge is 0.493 e. The SMILES string of the molecule is C=CCOC(=O)Nc1cccc([C@@H]2O[C@H](CN3CCc4cc(OC)c(OC)cc4C3)[C@H](C)[C@H](c3ccc(CO)cc3)O2)c1. The number of nitrogens with one attached hydrogen (secondary N) is 1.